The highest BCUT2D eigenvalue weighted by molar-refractivity contribution is 7.99. The Labute approximate surface area is 189 Å². The van der Waals surface area contributed by atoms with E-state index in [0.29, 0.717) is 47.5 Å². The summed E-state index contributed by atoms with van der Waals surface area (Å²) in [6, 6.07) is 5.45. The second kappa shape index (κ2) is 10.0. The first kappa shape index (κ1) is 23.6. The van der Waals surface area contributed by atoms with Gasteiger partial charge in [0.2, 0.25) is 5.91 Å². The quantitative estimate of drug-likeness (QED) is 0.483. The van der Waals surface area contributed by atoms with E-state index in [4.69, 9.17) is 9.47 Å². The van der Waals surface area contributed by atoms with Gasteiger partial charge in [0.25, 0.3) is 5.56 Å². The van der Waals surface area contributed by atoms with Crippen LogP contribution in [0, 0.1) is 0 Å². The van der Waals surface area contributed by atoms with Gasteiger partial charge in [-0.1, -0.05) is 17.8 Å². The molecule has 0 aliphatic heterocycles. The first-order valence-electron chi connectivity index (χ1n) is 10.2. The molecular weight excluding hydrogens is 434 g/mol. The summed E-state index contributed by atoms with van der Waals surface area (Å²) in [6.07, 6.45) is 0. The van der Waals surface area contributed by atoms with Crippen molar-refractivity contribution in [3.63, 3.8) is 0 Å². The van der Waals surface area contributed by atoms with Crippen LogP contribution < -0.4 is 21.3 Å². The van der Waals surface area contributed by atoms with Gasteiger partial charge in [-0.15, -0.1) is 0 Å². The summed E-state index contributed by atoms with van der Waals surface area (Å²) >= 11 is 1.20. The molecule has 0 saturated heterocycles. The Morgan fingerprint density at radius 3 is 2.59 bits per heavy atom. The van der Waals surface area contributed by atoms with Gasteiger partial charge in [0.1, 0.15) is 5.75 Å². The Bertz CT molecular complexity index is 1260. The fourth-order valence-corrected chi connectivity index (χ4v) is 4.22. The number of fused-ring (bicyclic) bond motifs is 1. The molecule has 3 rings (SSSR count). The second-order valence-electron chi connectivity index (χ2n) is 7.04. The number of carbonyl (C=O) groups is 1. The van der Waals surface area contributed by atoms with Gasteiger partial charge in [-0.25, -0.2) is 9.78 Å². The molecule has 0 fully saturated rings. The Balaban J connectivity index is 1.85. The van der Waals surface area contributed by atoms with Crippen molar-refractivity contribution < 1.29 is 14.3 Å². The number of rotatable bonds is 9. The van der Waals surface area contributed by atoms with E-state index in [0.717, 1.165) is 10.1 Å². The number of methoxy groups -OCH3 is 1. The number of carbonyl (C=O) groups excluding carboxylic acids is 1. The molecule has 11 heteroatoms. The van der Waals surface area contributed by atoms with E-state index >= 15 is 0 Å². The van der Waals surface area contributed by atoms with E-state index < -0.39 is 11.2 Å². The van der Waals surface area contributed by atoms with E-state index in [1.165, 1.54) is 23.4 Å². The van der Waals surface area contributed by atoms with E-state index in [-0.39, 0.29) is 11.7 Å². The average Bonchev–Trinajstić information content (AvgIpc) is 3.15. The average molecular weight is 462 g/mol. The Morgan fingerprint density at radius 2 is 1.94 bits per heavy atom. The molecule has 172 valence electrons. The SMILES string of the molecule is CCOc1ccc(COC)c(NC(=O)CSc2nc3c(c(=O)n(C)c(=O)n3C)n2CC)c1. The summed E-state index contributed by atoms with van der Waals surface area (Å²) in [7, 11) is 4.59. The van der Waals surface area contributed by atoms with Crippen molar-refractivity contribution in [2.45, 2.75) is 32.2 Å². The molecule has 0 spiro atoms. The molecule has 1 amide bonds. The molecule has 0 aliphatic carbocycles. The lowest BCUT2D eigenvalue weighted by Crippen LogP contribution is -2.37. The van der Waals surface area contributed by atoms with Crippen molar-refractivity contribution in [2.24, 2.45) is 14.1 Å². The number of aromatic nitrogens is 4. The van der Waals surface area contributed by atoms with Crippen LogP contribution in [-0.4, -0.2) is 44.1 Å². The van der Waals surface area contributed by atoms with Gasteiger partial charge in [-0.3, -0.25) is 18.7 Å². The molecule has 0 saturated carbocycles. The van der Waals surface area contributed by atoms with Crippen LogP contribution in [0.4, 0.5) is 5.69 Å². The lowest BCUT2D eigenvalue weighted by Gasteiger charge is -2.13. The number of nitrogens with one attached hydrogen (secondary N) is 1. The number of nitrogens with zero attached hydrogens (tertiary/aromatic N) is 4. The molecular formula is C21H27N5O5S. The molecule has 2 aromatic heterocycles. The van der Waals surface area contributed by atoms with Crippen molar-refractivity contribution >= 4 is 34.5 Å². The predicted molar refractivity (Wildman–Crippen MR) is 124 cm³/mol. The third-order valence-electron chi connectivity index (χ3n) is 4.93. The molecule has 1 N–H and O–H groups in total. The van der Waals surface area contributed by atoms with Crippen LogP contribution in [0.15, 0.2) is 32.9 Å². The molecule has 0 radical (unpaired) electrons. The second-order valence-corrected chi connectivity index (χ2v) is 7.98. The third kappa shape index (κ3) is 4.58. The third-order valence-corrected chi connectivity index (χ3v) is 5.90. The van der Waals surface area contributed by atoms with Gasteiger partial charge >= 0.3 is 5.69 Å². The summed E-state index contributed by atoms with van der Waals surface area (Å²) in [5.74, 6) is 0.486. The largest absolute Gasteiger partial charge is 0.494 e. The number of aryl methyl sites for hydroxylation is 2. The molecule has 2 heterocycles. The molecule has 0 unspecified atom stereocenters. The van der Waals surface area contributed by atoms with E-state index in [2.05, 4.69) is 10.3 Å². The minimum absolute atomic E-state index is 0.0723. The van der Waals surface area contributed by atoms with Crippen LogP contribution in [0.2, 0.25) is 0 Å². The van der Waals surface area contributed by atoms with Crippen molar-refractivity contribution in [1.29, 1.82) is 0 Å². The first-order chi connectivity index (χ1) is 15.3. The number of anilines is 1. The minimum atomic E-state index is -0.447. The summed E-state index contributed by atoms with van der Waals surface area (Å²) in [6.45, 7) is 5.11. The maximum atomic E-state index is 12.7. The predicted octanol–water partition coefficient (Wildman–Crippen LogP) is 1.73. The molecule has 3 aromatic rings. The molecule has 0 aliphatic rings. The zero-order chi connectivity index (χ0) is 23.4. The van der Waals surface area contributed by atoms with Crippen molar-refractivity contribution in [1.82, 2.24) is 18.7 Å². The van der Waals surface area contributed by atoms with Crippen LogP contribution in [-0.2, 0) is 36.8 Å². The Hall–Kier alpha value is -3.05. The zero-order valence-corrected chi connectivity index (χ0v) is 19.6. The summed E-state index contributed by atoms with van der Waals surface area (Å²) in [5.41, 5.74) is 1.22. The fraction of sp³-hybridized carbons (Fsp3) is 0.429. The number of hydrogen-bond donors (Lipinski definition) is 1. The number of imidazole rings is 1. The maximum absolute atomic E-state index is 12.7. The van der Waals surface area contributed by atoms with Gasteiger partial charge in [-0.05, 0) is 19.9 Å². The van der Waals surface area contributed by atoms with Crippen molar-refractivity contribution in [3.8, 4) is 5.75 Å². The summed E-state index contributed by atoms with van der Waals surface area (Å²) in [4.78, 5) is 42.0. The molecule has 32 heavy (non-hydrogen) atoms. The highest BCUT2D eigenvalue weighted by Crippen LogP contribution is 2.25. The van der Waals surface area contributed by atoms with Crippen LogP contribution in [0.1, 0.15) is 19.4 Å². The highest BCUT2D eigenvalue weighted by Gasteiger charge is 2.19. The summed E-state index contributed by atoms with van der Waals surface area (Å²) < 4.78 is 14.9. The fourth-order valence-electron chi connectivity index (χ4n) is 3.36. The zero-order valence-electron chi connectivity index (χ0n) is 18.8. The van der Waals surface area contributed by atoms with Gasteiger partial charge in [-0.2, -0.15) is 0 Å². The smallest absolute Gasteiger partial charge is 0.332 e. The van der Waals surface area contributed by atoms with Gasteiger partial charge < -0.3 is 19.4 Å². The maximum Gasteiger partial charge on any atom is 0.332 e. The lowest BCUT2D eigenvalue weighted by atomic mass is 10.1. The number of amides is 1. The highest BCUT2D eigenvalue weighted by atomic mass is 32.2. The normalized spacial score (nSPS) is 11.2. The van der Waals surface area contributed by atoms with Gasteiger partial charge in [0, 0.05) is 45.1 Å². The van der Waals surface area contributed by atoms with Crippen LogP contribution >= 0.6 is 11.8 Å². The van der Waals surface area contributed by atoms with Crippen LogP contribution in [0.5, 0.6) is 5.75 Å². The van der Waals surface area contributed by atoms with Gasteiger partial charge in [0.05, 0.1) is 19.0 Å². The molecule has 0 bridgehead atoms. The Morgan fingerprint density at radius 1 is 1.19 bits per heavy atom. The monoisotopic (exact) mass is 461 g/mol. The topological polar surface area (TPSA) is 109 Å². The number of benzene rings is 1. The Kier molecular flexibility index (Phi) is 7.41. The number of thioether (sulfide) groups is 1. The van der Waals surface area contributed by atoms with E-state index in [1.807, 2.05) is 26.0 Å². The standard InChI is InChI=1S/C21H27N5O5S/c1-6-26-17-18(24(3)21(29)25(4)19(17)28)23-20(26)32-12-16(27)22-15-10-14(31-7-2)9-8-13(15)11-30-5/h8-10H,6-7,11-12H2,1-5H3,(H,22,27). The van der Waals surface area contributed by atoms with Crippen LogP contribution in [0.3, 0.4) is 0 Å². The van der Waals surface area contributed by atoms with Crippen LogP contribution in [0.25, 0.3) is 11.2 Å². The number of ether oxygens (including phenoxy) is 2. The minimum Gasteiger partial charge on any atom is -0.494 e. The van der Waals surface area contributed by atoms with Crippen molar-refractivity contribution in [2.75, 3.05) is 24.8 Å². The van der Waals surface area contributed by atoms with Crippen molar-refractivity contribution in [3.05, 3.63) is 44.6 Å². The van der Waals surface area contributed by atoms with E-state index in [1.54, 1.807) is 24.8 Å². The lowest BCUT2D eigenvalue weighted by molar-refractivity contribution is -0.113. The van der Waals surface area contributed by atoms with E-state index in [9.17, 15) is 14.4 Å². The molecule has 0 atom stereocenters. The van der Waals surface area contributed by atoms with Gasteiger partial charge in [0.15, 0.2) is 16.3 Å². The summed E-state index contributed by atoms with van der Waals surface area (Å²) in [5, 5.41) is 3.40. The molecule has 1 aromatic carbocycles. The number of hydrogen-bond acceptors (Lipinski definition) is 7. The molecule has 10 nitrogen and oxygen atoms in total. The first-order valence-corrected chi connectivity index (χ1v) is 11.1.